The lowest BCUT2D eigenvalue weighted by atomic mass is 9.89. The maximum Gasteiger partial charge on any atom is 0.246 e. The fourth-order valence-corrected chi connectivity index (χ4v) is 3.06. The normalized spacial score (nSPS) is 20.8. The third kappa shape index (κ3) is 3.30. The molecule has 22 heavy (non-hydrogen) atoms. The zero-order valence-corrected chi connectivity index (χ0v) is 12.9. The predicted octanol–water partition coefficient (Wildman–Crippen LogP) is 1.05. The van der Waals surface area contributed by atoms with E-state index in [2.05, 4.69) is 5.32 Å². The van der Waals surface area contributed by atoms with Gasteiger partial charge >= 0.3 is 0 Å². The van der Waals surface area contributed by atoms with E-state index in [1.807, 2.05) is 36.1 Å². The van der Waals surface area contributed by atoms with E-state index < -0.39 is 0 Å². The van der Waals surface area contributed by atoms with Crippen LogP contribution in [0.15, 0.2) is 24.3 Å². The predicted molar refractivity (Wildman–Crippen MR) is 82.4 cm³/mol. The van der Waals surface area contributed by atoms with Gasteiger partial charge in [-0.3, -0.25) is 9.59 Å². The SMILES string of the molecule is Cc1ccc(CC(=O)N2CCC3(CC2)CNC(=O)CO3)cc1. The summed E-state index contributed by atoms with van der Waals surface area (Å²) in [5.74, 6) is 0.113. The number of carbonyl (C=O) groups excluding carboxylic acids is 2. The Kier molecular flexibility index (Phi) is 4.16. The molecule has 5 heteroatoms. The van der Waals surface area contributed by atoms with Gasteiger partial charge in [0, 0.05) is 19.6 Å². The average Bonchev–Trinajstić information content (AvgIpc) is 2.53. The van der Waals surface area contributed by atoms with Gasteiger partial charge in [-0.25, -0.2) is 0 Å². The number of amides is 2. The number of hydrogen-bond donors (Lipinski definition) is 1. The molecule has 0 radical (unpaired) electrons. The van der Waals surface area contributed by atoms with E-state index in [4.69, 9.17) is 4.74 Å². The number of morpholine rings is 1. The first-order chi connectivity index (χ1) is 10.6. The minimum atomic E-state index is -0.269. The Balaban J connectivity index is 1.53. The van der Waals surface area contributed by atoms with Crippen molar-refractivity contribution in [3.8, 4) is 0 Å². The minimum Gasteiger partial charge on any atom is -0.363 e. The number of rotatable bonds is 2. The third-order valence-corrected chi connectivity index (χ3v) is 4.62. The van der Waals surface area contributed by atoms with Crippen LogP contribution in [-0.2, 0) is 20.7 Å². The molecule has 0 aliphatic carbocycles. The number of ether oxygens (including phenoxy) is 1. The van der Waals surface area contributed by atoms with Crippen LogP contribution in [0.25, 0.3) is 0 Å². The topological polar surface area (TPSA) is 58.6 Å². The Labute approximate surface area is 130 Å². The Morgan fingerprint density at radius 3 is 2.55 bits per heavy atom. The molecule has 2 fully saturated rings. The van der Waals surface area contributed by atoms with Crippen molar-refractivity contribution in [3.05, 3.63) is 35.4 Å². The maximum atomic E-state index is 12.4. The van der Waals surface area contributed by atoms with E-state index in [9.17, 15) is 9.59 Å². The molecule has 2 saturated heterocycles. The van der Waals surface area contributed by atoms with Crippen molar-refractivity contribution in [1.82, 2.24) is 10.2 Å². The fourth-order valence-electron chi connectivity index (χ4n) is 3.06. The molecule has 0 bridgehead atoms. The van der Waals surface area contributed by atoms with E-state index in [1.165, 1.54) is 5.56 Å². The highest BCUT2D eigenvalue weighted by atomic mass is 16.5. The second-order valence-electron chi connectivity index (χ2n) is 6.29. The van der Waals surface area contributed by atoms with Crippen LogP contribution in [0.5, 0.6) is 0 Å². The van der Waals surface area contributed by atoms with Gasteiger partial charge in [0.05, 0.1) is 12.0 Å². The smallest absolute Gasteiger partial charge is 0.246 e. The Morgan fingerprint density at radius 2 is 1.95 bits per heavy atom. The van der Waals surface area contributed by atoms with Crippen molar-refractivity contribution in [2.45, 2.75) is 31.8 Å². The number of nitrogens with one attached hydrogen (secondary N) is 1. The largest absolute Gasteiger partial charge is 0.363 e. The molecule has 1 N–H and O–H groups in total. The van der Waals surface area contributed by atoms with Crippen LogP contribution in [0.4, 0.5) is 0 Å². The van der Waals surface area contributed by atoms with Crippen molar-refractivity contribution in [1.29, 1.82) is 0 Å². The zero-order chi connectivity index (χ0) is 15.6. The molecule has 118 valence electrons. The summed E-state index contributed by atoms with van der Waals surface area (Å²) in [4.78, 5) is 25.5. The van der Waals surface area contributed by atoms with Gasteiger partial charge in [-0.15, -0.1) is 0 Å². The first-order valence-corrected chi connectivity index (χ1v) is 7.80. The molecule has 5 nitrogen and oxygen atoms in total. The summed E-state index contributed by atoms with van der Waals surface area (Å²) in [6.45, 7) is 4.13. The molecule has 0 unspecified atom stereocenters. The summed E-state index contributed by atoms with van der Waals surface area (Å²) in [5, 5.41) is 2.86. The van der Waals surface area contributed by atoms with Crippen molar-refractivity contribution in [2.24, 2.45) is 0 Å². The highest BCUT2D eigenvalue weighted by Crippen LogP contribution is 2.27. The number of aryl methyl sites for hydroxylation is 1. The minimum absolute atomic E-state index is 0.0523. The molecular formula is C17H22N2O3. The van der Waals surface area contributed by atoms with Crippen LogP contribution in [-0.4, -0.2) is 48.6 Å². The number of likely N-dealkylation sites (tertiary alicyclic amines) is 1. The van der Waals surface area contributed by atoms with E-state index >= 15 is 0 Å². The van der Waals surface area contributed by atoms with Gasteiger partial charge in [0.2, 0.25) is 11.8 Å². The Morgan fingerprint density at radius 1 is 1.27 bits per heavy atom. The molecular weight excluding hydrogens is 280 g/mol. The lowest BCUT2D eigenvalue weighted by Gasteiger charge is -2.43. The molecule has 0 atom stereocenters. The number of nitrogens with zero attached hydrogens (tertiary/aromatic N) is 1. The highest BCUT2D eigenvalue weighted by molar-refractivity contribution is 5.79. The quantitative estimate of drug-likeness (QED) is 0.888. The summed E-state index contributed by atoms with van der Waals surface area (Å²) in [6, 6.07) is 8.09. The van der Waals surface area contributed by atoms with E-state index in [1.54, 1.807) is 0 Å². The summed E-state index contributed by atoms with van der Waals surface area (Å²) >= 11 is 0. The molecule has 2 amide bonds. The number of benzene rings is 1. The van der Waals surface area contributed by atoms with Crippen LogP contribution < -0.4 is 5.32 Å². The van der Waals surface area contributed by atoms with E-state index in [-0.39, 0.29) is 24.0 Å². The van der Waals surface area contributed by atoms with Crippen LogP contribution in [0, 0.1) is 6.92 Å². The summed E-state index contributed by atoms with van der Waals surface area (Å²) in [5.41, 5.74) is 1.99. The van der Waals surface area contributed by atoms with E-state index in [0.29, 0.717) is 26.1 Å². The standard InChI is InChI=1S/C17H22N2O3/c1-13-2-4-14(5-3-13)10-16(21)19-8-6-17(7-9-19)12-18-15(20)11-22-17/h2-5H,6-12H2,1H3,(H,18,20). The maximum absolute atomic E-state index is 12.4. The first-order valence-electron chi connectivity index (χ1n) is 7.80. The molecule has 2 aliphatic rings. The van der Waals surface area contributed by atoms with Crippen molar-refractivity contribution in [2.75, 3.05) is 26.2 Å². The molecule has 2 aliphatic heterocycles. The number of piperidine rings is 1. The molecule has 1 spiro atoms. The first kappa shape index (κ1) is 15.0. The van der Waals surface area contributed by atoms with Crippen LogP contribution in [0.3, 0.4) is 0 Å². The highest BCUT2D eigenvalue weighted by Gasteiger charge is 2.39. The van der Waals surface area contributed by atoms with Crippen molar-refractivity contribution in [3.63, 3.8) is 0 Å². The van der Waals surface area contributed by atoms with Gasteiger partial charge < -0.3 is 15.0 Å². The Hall–Kier alpha value is -1.88. The monoisotopic (exact) mass is 302 g/mol. The van der Waals surface area contributed by atoms with Crippen LogP contribution in [0.1, 0.15) is 24.0 Å². The van der Waals surface area contributed by atoms with Crippen molar-refractivity contribution >= 4 is 11.8 Å². The van der Waals surface area contributed by atoms with Gasteiger partial charge in [-0.2, -0.15) is 0 Å². The lowest BCUT2D eigenvalue weighted by molar-refractivity contribution is -0.154. The fraction of sp³-hybridized carbons (Fsp3) is 0.529. The van der Waals surface area contributed by atoms with Gasteiger partial charge in [-0.1, -0.05) is 29.8 Å². The summed E-state index contributed by atoms with van der Waals surface area (Å²) < 4.78 is 5.73. The van der Waals surface area contributed by atoms with Crippen molar-refractivity contribution < 1.29 is 14.3 Å². The van der Waals surface area contributed by atoms with Gasteiger partial charge in [0.25, 0.3) is 0 Å². The Bertz CT molecular complexity index is 548. The lowest BCUT2D eigenvalue weighted by Crippen LogP contribution is -2.58. The third-order valence-electron chi connectivity index (χ3n) is 4.62. The average molecular weight is 302 g/mol. The zero-order valence-electron chi connectivity index (χ0n) is 12.9. The number of carbonyl (C=O) groups is 2. The van der Waals surface area contributed by atoms with E-state index in [0.717, 1.165) is 18.4 Å². The molecule has 1 aromatic carbocycles. The molecule has 2 heterocycles. The summed E-state index contributed by atoms with van der Waals surface area (Å²) in [6.07, 6.45) is 2.02. The molecule has 1 aromatic rings. The molecule has 0 saturated carbocycles. The second kappa shape index (κ2) is 6.08. The van der Waals surface area contributed by atoms with Gasteiger partial charge in [0.15, 0.2) is 0 Å². The van der Waals surface area contributed by atoms with Crippen LogP contribution >= 0.6 is 0 Å². The second-order valence-corrected chi connectivity index (χ2v) is 6.29. The summed E-state index contributed by atoms with van der Waals surface area (Å²) in [7, 11) is 0. The van der Waals surface area contributed by atoms with Crippen LogP contribution in [0.2, 0.25) is 0 Å². The molecule has 0 aromatic heterocycles. The molecule has 3 rings (SSSR count). The van der Waals surface area contributed by atoms with Gasteiger partial charge in [-0.05, 0) is 25.3 Å². The number of hydrogen-bond acceptors (Lipinski definition) is 3. The van der Waals surface area contributed by atoms with Gasteiger partial charge in [0.1, 0.15) is 6.61 Å².